The molecule has 140 valence electrons. The zero-order valence-electron chi connectivity index (χ0n) is 14.7. The molecule has 0 saturated carbocycles. The van der Waals surface area contributed by atoms with Crippen molar-refractivity contribution >= 4 is 31.9 Å². The van der Waals surface area contributed by atoms with Gasteiger partial charge < -0.3 is 5.32 Å². The molecule has 2 rings (SSSR count). The third-order valence-electron chi connectivity index (χ3n) is 4.48. The smallest absolute Gasteiger partial charge is 0.243 e. The molecule has 0 aliphatic carbocycles. The number of nitrogens with one attached hydrogen (secondary N) is 1. The second-order valence-electron chi connectivity index (χ2n) is 6.38. The number of alkyl halides is 1. The molecular weight excluding hydrogens is 404 g/mol. The number of hydrogen-bond donors (Lipinski definition) is 1. The lowest BCUT2D eigenvalue weighted by atomic mass is 10.1. The fourth-order valence-electron chi connectivity index (χ4n) is 2.89. The molecule has 0 aromatic heterocycles. The fraction of sp³-hybridized carbons (Fsp3) is 0.611. The molecule has 5 nitrogen and oxygen atoms in total. The number of sulfonamides is 1. The Labute approximate surface area is 159 Å². The molecular formula is C18H27BrN2O3S. The number of hydrogen-bond acceptors (Lipinski definition) is 3. The molecule has 7 heteroatoms. The van der Waals surface area contributed by atoms with Gasteiger partial charge in [0.25, 0.3) is 0 Å². The molecule has 1 aliphatic heterocycles. The number of nitrogens with zero attached hydrogens (tertiary/aromatic N) is 1. The van der Waals surface area contributed by atoms with Crippen molar-refractivity contribution in [2.45, 2.75) is 55.2 Å². The Morgan fingerprint density at radius 3 is 2.32 bits per heavy atom. The summed E-state index contributed by atoms with van der Waals surface area (Å²) in [5.74, 6) is -0.0112. The summed E-state index contributed by atoms with van der Waals surface area (Å²) in [5, 5.41) is 2.87. The van der Waals surface area contributed by atoms with Gasteiger partial charge in [0.15, 0.2) is 0 Å². The van der Waals surface area contributed by atoms with Gasteiger partial charge >= 0.3 is 0 Å². The summed E-state index contributed by atoms with van der Waals surface area (Å²) in [6, 6.07) is 7.03. The summed E-state index contributed by atoms with van der Waals surface area (Å²) in [6.45, 7) is 3.71. The molecule has 1 N–H and O–H groups in total. The number of amides is 1. The molecule has 1 fully saturated rings. The number of halogens is 1. The highest BCUT2D eigenvalue weighted by atomic mass is 79.9. The second-order valence-corrected chi connectivity index (χ2v) is 9.42. The van der Waals surface area contributed by atoms with Crippen LogP contribution in [0.25, 0.3) is 0 Å². The van der Waals surface area contributed by atoms with Crippen LogP contribution in [0.15, 0.2) is 29.2 Å². The monoisotopic (exact) mass is 430 g/mol. The van der Waals surface area contributed by atoms with Gasteiger partial charge in [-0.2, -0.15) is 4.31 Å². The molecule has 1 saturated heterocycles. The average molecular weight is 431 g/mol. The van der Waals surface area contributed by atoms with Crippen molar-refractivity contribution in [3.8, 4) is 0 Å². The second kappa shape index (κ2) is 9.69. The lowest BCUT2D eigenvalue weighted by Gasteiger charge is -2.20. The molecule has 0 spiro atoms. The predicted molar refractivity (Wildman–Crippen MR) is 103 cm³/mol. The van der Waals surface area contributed by atoms with Gasteiger partial charge in [-0.1, -0.05) is 47.8 Å². The summed E-state index contributed by atoms with van der Waals surface area (Å²) in [5.41, 5.74) is 1.01. The lowest BCUT2D eigenvalue weighted by molar-refractivity contribution is -0.120. The van der Waals surface area contributed by atoms with Crippen LogP contribution in [-0.4, -0.2) is 43.1 Å². The maximum Gasteiger partial charge on any atom is 0.243 e. The standard InChI is InChI=1S/C18H27BrN2O3S/c1-2-17(19)18(22)20-12-11-15-7-9-16(10-8-15)25(23,24)21-13-5-3-4-6-14-21/h7-10,17H,2-6,11-14H2,1H3,(H,20,22). The third kappa shape index (κ3) is 5.79. The van der Waals surface area contributed by atoms with E-state index < -0.39 is 10.0 Å². The van der Waals surface area contributed by atoms with E-state index in [0.29, 0.717) is 31.0 Å². The van der Waals surface area contributed by atoms with Crippen LogP contribution in [0.4, 0.5) is 0 Å². The molecule has 1 aromatic rings. The summed E-state index contributed by atoms with van der Waals surface area (Å²) < 4.78 is 27.1. The molecule has 1 aromatic carbocycles. The Balaban J connectivity index is 1.93. The zero-order valence-corrected chi connectivity index (χ0v) is 17.1. The van der Waals surface area contributed by atoms with Gasteiger partial charge in [-0.3, -0.25) is 4.79 Å². The van der Waals surface area contributed by atoms with E-state index >= 15 is 0 Å². The van der Waals surface area contributed by atoms with Crippen LogP contribution < -0.4 is 5.32 Å². The maximum atomic E-state index is 12.7. The quantitative estimate of drug-likeness (QED) is 0.675. The minimum atomic E-state index is -3.39. The van der Waals surface area contributed by atoms with E-state index in [1.807, 2.05) is 19.1 Å². The Kier molecular flexibility index (Phi) is 7.90. The number of rotatable bonds is 7. The van der Waals surface area contributed by atoms with Crippen LogP contribution >= 0.6 is 15.9 Å². The molecule has 1 atom stereocenters. The summed E-state index contributed by atoms with van der Waals surface area (Å²) >= 11 is 3.32. The van der Waals surface area contributed by atoms with Gasteiger partial charge in [-0.25, -0.2) is 8.42 Å². The van der Waals surface area contributed by atoms with Crippen LogP contribution in [0.5, 0.6) is 0 Å². The van der Waals surface area contributed by atoms with Crippen molar-refractivity contribution in [3.63, 3.8) is 0 Å². The Morgan fingerprint density at radius 1 is 1.16 bits per heavy atom. The van der Waals surface area contributed by atoms with Crippen LogP contribution in [-0.2, 0) is 21.2 Å². The molecule has 1 heterocycles. The van der Waals surface area contributed by atoms with Crippen molar-refractivity contribution in [1.82, 2.24) is 9.62 Å². The summed E-state index contributed by atoms with van der Waals surface area (Å²) in [6.07, 6.45) is 5.49. The van der Waals surface area contributed by atoms with E-state index in [4.69, 9.17) is 0 Å². The van der Waals surface area contributed by atoms with Crippen molar-refractivity contribution in [2.24, 2.45) is 0 Å². The van der Waals surface area contributed by atoms with Gasteiger partial charge in [0.2, 0.25) is 15.9 Å². The Hall–Kier alpha value is -0.920. The van der Waals surface area contributed by atoms with Crippen LogP contribution in [0.3, 0.4) is 0 Å². The van der Waals surface area contributed by atoms with Gasteiger partial charge in [-0.15, -0.1) is 0 Å². The topological polar surface area (TPSA) is 66.5 Å². The maximum absolute atomic E-state index is 12.7. The fourth-order valence-corrected chi connectivity index (χ4v) is 4.56. The van der Waals surface area contributed by atoms with E-state index in [-0.39, 0.29) is 10.7 Å². The average Bonchev–Trinajstić information content (AvgIpc) is 2.91. The molecule has 0 radical (unpaired) electrons. The summed E-state index contributed by atoms with van der Waals surface area (Å²) in [7, 11) is -3.39. The minimum absolute atomic E-state index is 0.0112. The normalized spacial score (nSPS) is 17.7. The van der Waals surface area contributed by atoms with E-state index in [1.165, 1.54) is 0 Å². The zero-order chi connectivity index (χ0) is 18.3. The van der Waals surface area contributed by atoms with Crippen molar-refractivity contribution < 1.29 is 13.2 Å². The molecule has 25 heavy (non-hydrogen) atoms. The molecule has 1 amide bonds. The first kappa shape index (κ1) is 20.4. The number of benzene rings is 1. The first-order valence-electron chi connectivity index (χ1n) is 8.96. The lowest BCUT2D eigenvalue weighted by Crippen LogP contribution is -2.32. The van der Waals surface area contributed by atoms with E-state index in [9.17, 15) is 13.2 Å². The molecule has 1 unspecified atom stereocenters. The SMILES string of the molecule is CCC(Br)C(=O)NCCc1ccc(S(=O)(=O)N2CCCCCC2)cc1. The highest BCUT2D eigenvalue weighted by Gasteiger charge is 2.24. The van der Waals surface area contributed by atoms with E-state index in [2.05, 4.69) is 21.2 Å². The number of carbonyl (C=O) groups excluding carboxylic acids is 1. The van der Waals surface area contributed by atoms with Gasteiger partial charge in [0, 0.05) is 19.6 Å². The molecule has 0 bridgehead atoms. The number of carbonyl (C=O) groups is 1. The van der Waals surface area contributed by atoms with Crippen LogP contribution in [0, 0.1) is 0 Å². The Morgan fingerprint density at radius 2 is 1.76 bits per heavy atom. The highest BCUT2D eigenvalue weighted by molar-refractivity contribution is 9.10. The van der Waals surface area contributed by atoms with Gasteiger partial charge in [-0.05, 0) is 43.4 Å². The van der Waals surface area contributed by atoms with Crippen molar-refractivity contribution in [2.75, 3.05) is 19.6 Å². The highest BCUT2D eigenvalue weighted by Crippen LogP contribution is 2.20. The minimum Gasteiger partial charge on any atom is -0.355 e. The van der Waals surface area contributed by atoms with Gasteiger partial charge in [0.05, 0.1) is 9.72 Å². The Bertz CT molecular complexity index is 653. The van der Waals surface area contributed by atoms with Crippen molar-refractivity contribution in [1.29, 1.82) is 0 Å². The summed E-state index contributed by atoms with van der Waals surface area (Å²) in [4.78, 5) is 11.9. The van der Waals surface area contributed by atoms with Gasteiger partial charge in [0.1, 0.15) is 0 Å². The third-order valence-corrected chi connectivity index (χ3v) is 7.46. The largest absolute Gasteiger partial charge is 0.355 e. The molecule has 1 aliphatic rings. The van der Waals surface area contributed by atoms with Crippen molar-refractivity contribution in [3.05, 3.63) is 29.8 Å². The van der Waals surface area contributed by atoms with Crippen LogP contribution in [0.1, 0.15) is 44.6 Å². The van der Waals surface area contributed by atoms with Crippen LogP contribution in [0.2, 0.25) is 0 Å². The van der Waals surface area contributed by atoms with E-state index in [0.717, 1.165) is 37.7 Å². The first-order chi connectivity index (χ1) is 11.9. The first-order valence-corrected chi connectivity index (χ1v) is 11.3. The van der Waals surface area contributed by atoms with E-state index in [1.54, 1.807) is 16.4 Å². The predicted octanol–water partition coefficient (Wildman–Crippen LogP) is 3.08.